The normalized spacial score (nSPS) is 10.3. The lowest BCUT2D eigenvalue weighted by Crippen LogP contribution is -2.03. The highest BCUT2D eigenvalue weighted by Gasteiger charge is 2.14. The topological polar surface area (TPSA) is 70.3 Å². The molecule has 2 aromatic rings. The summed E-state index contributed by atoms with van der Waals surface area (Å²) in [5.41, 5.74) is 8.91. The smallest absolute Gasteiger partial charge is 0.132 e. The molecule has 0 aliphatic carbocycles. The van der Waals surface area contributed by atoms with Crippen LogP contribution < -0.4 is 15.2 Å². The van der Waals surface area contributed by atoms with E-state index in [1.807, 2.05) is 32.0 Å². The highest BCUT2D eigenvalue weighted by atomic mass is 16.5. The lowest BCUT2D eigenvalue weighted by atomic mass is 10.1. The van der Waals surface area contributed by atoms with E-state index in [1.165, 1.54) is 0 Å². The molecule has 2 N–H and O–H groups in total. The van der Waals surface area contributed by atoms with Crippen molar-refractivity contribution in [1.29, 1.82) is 0 Å². The van der Waals surface area contributed by atoms with Gasteiger partial charge in [0.1, 0.15) is 23.0 Å². The van der Waals surface area contributed by atoms with Crippen molar-refractivity contribution in [3.05, 3.63) is 29.7 Å². The maximum atomic E-state index is 6.07. The number of methoxy groups -OCH3 is 2. The van der Waals surface area contributed by atoms with Crippen LogP contribution >= 0.6 is 0 Å². The molecule has 1 heterocycles. The van der Waals surface area contributed by atoms with Crippen LogP contribution in [0.15, 0.2) is 18.2 Å². The van der Waals surface area contributed by atoms with Crippen LogP contribution in [0.2, 0.25) is 0 Å². The van der Waals surface area contributed by atoms with Crippen molar-refractivity contribution in [3.8, 4) is 22.8 Å². The van der Waals surface area contributed by atoms with Gasteiger partial charge in [0, 0.05) is 11.6 Å². The number of hydrogen-bond donors (Lipinski definition) is 1. The minimum Gasteiger partial charge on any atom is -0.497 e. The van der Waals surface area contributed by atoms with Gasteiger partial charge in [-0.15, -0.1) is 0 Å². The standard InChI is InChI=1S/C14H17N3O2/c1-8-13(15)14(17-9(2)16-8)11-6-5-10(18-3)7-12(11)19-4/h5-7H,15H2,1-4H3. The van der Waals surface area contributed by atoms with E-state index in [-0.39, 0.29) is 0 Å². The first-order valence-corrected chi connectivity index (χ1v) is 5.90. The summed E-state index contributed by atoms with van der Waals surface area (Å²) >= 11 is 0. The summed E-state index contributed by atoms with van der Waals surface area (Å²) in [6.07, 6.45) is 0. The van der Waals surface area contributed by atoms with Gasteiger partial charge < -0.3 is 15.2 Å². The summed E-state index contributed by atoms with van der Waals surface area (Å²) in [5, 5.41) is 0. The summed E-state index contributed by atoms with van der Waals surface area (Å²) < 4.78 is 10.6. The van der Waals surface area contributed by atoms with E-state index in [0.717, 1.165) is 17.0 Å². The SMILES string of the molecule is COc1ccc(-c2nc(C)nc(C)c2N)c(OC)c1. The molecule has 2 rings (SSSR count). The molecule has 0 spiro atoms. The molecule has 0 aliphatic heterocycles. The van der Waals surface area contributed by atoms with E-state index in [2.05, 4.69) is 9.97 Å². The Morgan fingerprint density at radius 3 is 2.42 bits per heavy atom. The number of aryl methyl sites for hydroxylation is 2. The molecule has 0 radical (unpaired) electrons. The highest BCUT2D eigenvalue weighted by molar-refractivity contribution is 5.78. The van der Waals surface area contributed by atoms with Crippen molar-refractivity contribution in [2.24, 2.45) is 0 Å². The first-order valence-electron chi connectivity index (χ1n) is 5.90. The molecule has 0 amide bonds. The molecule has 0 atom stereocenters. The Morgan fingerprint density at radius 2 is 1.79 bits per heavy atom. The van der Waals surface area contributed by atoms with Crippen molar-refractivity contribution in [3.63, 3.8) is 0 Å². The third-order valence-electron chi connectivity index (χ3n) is 2.91. The Morgan fingerprint density at radius 1 is 1.05 bits per heavy atom. The molecule has 0 aliphatic rings. The van der Waals surface area contributed by atoms with Gasteiger partial charge in [-0.2, -0.15) is 0 Å². The fourth-order valence-electron chi connectivity index (χ4n) is 1.92. The van der Waals surface area contributed by atoms with Crippen LogP contribution in [0.1, 0.15) is 11.5 Å². The minimum atomic E-state index is 0.564. The zero-order valence-electron chi connectivity index (χ0n) is 11.5. The van der Waals surface area contributed by atoms with Gasteiger partial charge in [0.15, 0.2) is 0 Å². The molecule has 0 bridgehead atoms. The Labute approximate surface area is 112 Å². The average molecular weight is 259 g/mol. The van der Waals surface area contributed by atoms with Gasteiger partial charge in [0.25, 0.3) is 0 Å². The van der Waals surface area contributed by atoms with Gasteiger partial charge in [0.2, 0.25) is 0 Å². The maximum absolute atomic E-state index is 6.07. The fourth-order valence-corrected chi connectivity index (χ4v) is 1.92. The summed E-state index contributed by atoms with van der Waals surface area (Å²) in [6, 6.07) is 5.54. The third-order valence-corrected chi connectivity index (χ3v) is 2.91. The number of benzene rings is 1. The molecule has 0 saturated heterocycles. The molecule has 1 aromatic heterocycles. The monoisotopic (exact) mass is 259 g/mol. The quantitative estimate of drug-likeness (QED) is 0.916. The maximum Gasteiger partial charge on any atom is 0.132 e. The van der Waals surface area contributed by atoms with Gasteiger partial charge >= 0.3 is 0 Å². The first-order chi connectivity index (χ1) is 9.06. The molecule has 0 fully saturated rings. The predicted octanol–water partition coefficient (Wildman–Crippen LogP) is 2.36. The number of hydrogen-bond acceptors (Lipinski definition) is 5. The van der Waals surface area contributed by atoms with E-state index < -0.39 is 0 Å². The van der Waals surface area contributed by atoms with E-state index >= 15 is 0 Å². The number of nitrogen functional groups attached to an aromatic ring is 1. The van der Waals surface area contributed by atoms with Crippen LogP contribution in [0.3, 0.4) is 0 Å². The molecule has 1 aromatic carbocycles. The number of ether oxygens (including phenoxy) is 2. The lowest BCUT2D eigenvalue weighted by Gasteiger charge is -2.13. The van der Waals surface area contributed by atoms with Crippen molar-refractivity contribution in [2.45, 2.75) is 13.8 Å². The van der Waals surface area contributed by atoms with Crippen LogP contribution in [0.5, 0.6) is 11.5 Å². The summed E-state index contributed by atoms with van der Waals surface area (Å²) in [4.78, 5) is 8.66. The average Bonchev–Trinajstić information content (AvgIpc) is 2.42. The summed E-state index contributed by atoms with van der Waals surface area (Å²) in [7, 11) is 3.22. The van der Waals surface area contributed by atoms with Gasteiger partial charge in [-0.3, -0.25) is 0 Å². The molecule has 100 valence electrons. The second-order valence-corrected chi connectivity index (χ2v) is 4.18. The van der Waals surface area contributed by atoms with Crippen LogP contribution in [0.4, 0.5) is 5.69 Å². The van der Waals surface area contributed by atoms with Crippen molar-refractivity contribution in [1.82, 2.24) is 9.97 Å². The van der Waals surface area contributed by atoms with Gasteiger partial charge in [-0.25, -0.2) is 9.97 Å². The molecule has 19 heavy (non-hydrogen) atoms. The fraction of sp³-hybridized carbons (Fsp3) is 0.286. The van der Waals surface area contributed by atoms with E-state index in [9.17, 15) is 0 Å². The second kappa shape index (κ2) is 5.14. The van der Waals surface area contributed by atoms with Gasteiger partial charge in [-0.1, -0.05) is 0 Å². The number of aromatic nitrogens is 2. The minimum absolute atomic E-state index is 0.564. The van der Waals surface area contributed by atoms with Crippen LogP contribution in [0.25, 0.3) is 11.3 Å². The summed E-state index contributed by atoms with van der Waals surface area (Å²) in [5.74, 6) is 2.07. The van der Waals surface area contributed by atoms with Crippen LogP contribution in [0, 0.1) is 13.8 Å². The third kappa shape index (κ3) is 2.45. The molecule has 0 unspecified atom stereocenters. The van der Waals surface area contributed by atoms with Crippen molar-refractivity contribution in [2.75, 3.05) is 20.0 Å². The Hall–Kier alpha value is -2.30. The van der Waals surface area contributed by atoms with E-state index in [1.54, 1.807) is 14.2 Å². The highest BCUT2D eigenvalue weighted by Crippen LogP contribution is 2.35. The molecule has 5 heteroatoms. The summed E-state index contributed by atoms with van der Waals surface area (Å²) in [6.45, 7) is 3.70. The number of rotatable bonds is 3. The Kier molecular flexibility index (Phi) is 3.55. The first kappa shape index (κ1) is 13.1. The van der Waals surface area contributed by atoms with Crippen LogP contribution in [-0.4, -0.2) is 24.2 Å². The van der Waals surface area contributed by atoms with E-state index in [4.69, 9.17) is 15.2 Å². The van der Waals surface area contributed by atoms with Crippen molar-refractivity contribution < 1.29 is 9.47 Å². The lowest BCUT2D eigenvalue weighted by molar-refractivity contribution is 0.395. The van der Waals surface area contributed by atoms with Gasteiger partial charge in [0.05, 0.1) is 25.6 Å². The Balaban J connectivity index is 2.65. The van der Waals surface area contributed by atoms with Crippen LogP contribution in [-0.2, 0) is 0 Å². The molecule has 0 saturated carbocycles. The molecular weight excluding hydrogens is 242 g/mol. The number of nitrogens with two attached hydrogens (primary N) is 1. The largest absolute Gasteiger partial charge is 0.497 e. The van der Waals surface area contributed by atoms with Crippen molar-refractivity contribution >= 4 is 5.69 Å². The second-order valence-electron chi connectivity index (χ2n) is 4.18. The number of nitrogens with zero attached hydrogens (tertiary/aromatic N) is 2. The van der Waals surface area contributed by atoms with Gasteiger partial charge in [-0.05, 0) is 26.0 Å². The number of anilines is 1. The molecule has 5 nitrogen and oxygen atoms in total. The molecular formula is C14H17N3O2. The van der Waals surface area contributed by atoms with E-state index in [0.29, 0.717) is 23.0 Å². The zero-order valence-corrected chi connectivity index (χ0v) is 11.5. The predicted molar refractivity (Wildman–Crippen MR) is 74.5 cm³/mol. The zero-order chi connectivity index (χ0) is 14.0. The Bertz CT molecular complexity index is 612.